The van der Waals surface area contributed by atoms with Crippen LogP contribution in [0.2, 0.25) is 5.02 Å². The average molecular weight is 335 g/mol. The number of nitrogens with one attached hydrogen (secondary N) is 1. The van der Waals surface area contributed by atoms with Crippen molar-refractivity contribution in [3.8, 4) is 5.75 Å². The van der Waals surface area contributed by atoms with Gasteiger partial charge in [-0.25, -0.2) is 0 Å². The number of nitrogens with zero attached hydrogens (tertiary/aromatic N) is 1. The molecule has 23 heavy (non-hydrogen) atoms. The normalized spacial score (nSPS) is 11.6. The lowest BCUT2D eigenvalue weighted by Crippen LogP contribution is -2.19. The highest BCUT2D eigenvalue weighted by Gasteiger charge is 2.19. The predicted molar refractivity (Wildman–Crippen MR) is 88.1 cm³/mol. The first-order valence-electron chi connectivity index (χ1n) is 6.81. The van der Waals surface area contributed by atoms with Gasteiger partial charge in [-0.3, -0.25) is 14.9 Å². The summed E-state index contributed by atoms with van der Waals surface area (Å²) in [4.78, 5) is 22.7. The smallest absolute Gasteiger partial charge is 0.269 e. The van der Waals surface area contributed by atoms with Crippen LogP contribution in [-0.4, -0.2) is 17.9 Å². The van der Waals surface area contributed by atoms with Crippen LogP contribution in [0.25, 0.3) is 0 Å². The van der Waals surface area contributed by atoms with Gasteiger partial charge in [0, 0.05) is 18.2 Å². The quantitative estimate of drug-likeness (QED) is 0.662. The molecule has 0 bridgehead atoms. The summed E-state index contributed by atoms with van der Waals surface area (Å²) in [5.41, 5.74) is 0.922. The number of non-ortho nitro benzene ring substituents is 1. The number of benzene rings is 2. The zero-order valence-corrected chi connectivity index (χ0v) is 13.3. The summed E-state index contributed by atoms with van der Waals surface area (Å²) in [7, 11) is 1.51. The van der Waals surface area contributed by atoms with Gasteiger partial charge in [-0.05, 0) is 24.6 Å². The fourth-order valence-corrected chi connectivity index (χ4v) is 2.19. The third-order valence-corrected chi connectivity index (χ3v) is 3.74. The molecule has 2 aromatic carbocycles. The highest BCUT2D eigenvalue weighted by molar-refractivity contribution is 6.33. The fraction of sp³-hybridized carbons (Fsp3) is 0.188. The Morgan fingerprint density at radius 1 is 1.30 bits per heavy atom. The molecule has 0 aromatic heterocycles. The van der Waals surface area contributed by atoms with Gasteiger partial charge in [-0.1, -0.05) is 23.7 Å². The highest BCUT2D eigenvalue weighted by Crippen LogP contribution is 2.28. The number of carbonyl (C=O) groups excluding carboxylic acids is 1. The number of carbonyl (C=O) groups is 1. The second-order valence-electron chi connectivity index (χ2n) is 4.91. The molecule has 6 nitrogen and oxygen atoms in total. The van der Waals surface area contributed by atoms with E-state index in [4.69, 9.17) is 16.3 Å². The molecule has 0 aliphatic rings. The predicted octanol–water partition coefficient (Wildman–Crippen LogP) is 4.00. The van der Waals surface area contributed by atoms with Crippen LogP contribution in [0.15, 0.2) is 42.5 Å². The molecule has 0 radical (unpaired) electrons. The maximum absolute atomic E-state index is 12.4. The number of hydrogen-bond acceptors (Lipinski definition) is 4. The van der Waals surface area contributed by atoms with Gasteiger partial charge in [0.1, 0.15) is 5.75 Å². The van der Waals surface area contributed by atoms with Gasteiger partial charge in [-0.2, -0.15) is 0 Å². The van der Waals surface area contributed by atoms with Crippen molar-refractivity contribution in [3.05, 3.63) is 63.2 Å². The van der Waals surface area contributed by atoms with E-state index < -0.39 is 10.8 Å². The Kier molecular flexibility index (Phi) is 5.18. The molecule has 2 aromatic rings. The van der Waals surface area contributed by atoms with E-state index in [1.807, 2.05) is 0 Å². The van der Waals surface area contributed by atoms with E-state index in [2.05, 4.69) is 5.32 Å². The molecular weight excluding hydrogens is 320 g/mol. The second kappa shape index (κ2) is 7.11. The third kappa shape index (κ3) is 3.98. The van der Waals surface area contributed by atoms with Gasteiger partial charge >= 0.3 is 0 Å². The minimum Gasteiger partial charge on any atom is -0.497 e. The molecule has 2 rings (SSSR count). The van der Waals surface area contributed by atoms with Crippen molar-refractivity contribution in [2.45, 2.75) is 12.8 Å². The number of rotatable bonds is 5. The Morgan fingerprint density at radius 2 is 2.04 bits per heavy atom. The van der Waals surface area contributed by atoms with Crippen molar-refractivity contribution in [1.29, 1.82) is 0 Å². The number of nitro benzene ring substituents is 1. The summed E-state index contributed by atoms with van der Waals surface area (Å²) in [5, 5.41) is 13.9. The Morgan fingerprint density at radius 3 is 2.70 bits per heavy atom. The summed E-state index contributed by atoms with van der Waals surface area (Å²) >= 11 is 6.06. The largest absolute Gasteiger partial charge is 0.497 e. The first-order chi connectivity index (χ1) is 10.9. The van der Waals surface area contributed by atoms with Crippen LogP contribution in [0.5, 0.6) is 5.75 Å². The Labute approximate surface area is 138 Å². The van der Waals surface area contributed by atoms with Gasteiger partial charge in [0.05, 0.1) is 28.7 Å². The lowest BCUT2D eigenvalue weighted by Gasteiger charge is -2.14. The summed E-state index contributed by atoms with van der Waals surface area (Å²) in [6.07, 6.45) is 0. The molecular formula is C16H15ClN2O4. The monoisotopic (exact) mass is 334 g/mol. The number of amides is 1. The van der Waals surface area contributed by atoms with Crippen LogP contribution in [0.4, 0.5) is 11.4 Å². The Hall–Kier alpha value is -2.60. The van der Waals surface area contributed by atoms with E-state index in [-0.39, 0.29) is 11.6 Å². The van der Waals surface area contributed by atoms with E-state index in [0.717, 1.165) is 0 Å². The van der Waals surface area contributed by atoms with Crippen LogP contribution in [0.3, 0.4) is 0 Å². The molecule has 0 fully saturated rings. The molecule has 0 saturated heterocycles. The fourth-order valence-electron chi connectivity index (χ4n) is 2.03. The van der Waals surface area contributed by atoms with E-state index in [0.29, 0.717) is 22.0 Å². The molecule has 0 aliphatic heterocycles. The van der Waals surface area contributed by atoms with Crippen molar-refractivity contribution in [1.82, 2.24) is 0 Å². The molecule has 7 heteroatoms. The molecule has 0 heterocycles. The molecule has 1 atom stereocenters. The van der Waals surface area contributed by atoms with Crippen molar-refractivity contribution in [3.63, 3.8) is 0 Å². The maximum atomic E-state index is 12.4. The maximum Gasteiger partial charge on any atom is 0.269 e. The van der Waals surface area contributed by atoms with Crippen molar-refractivity contribution in [2.75, 3.05) is 12.4 Å². The van der Waals surface area contributed by atoms with Crippen molar-refractivity contribution < 1.29 is 14.5 Å². The number of methoxy groups -OCH3 is 1. The first kappa shape index (κ1) is 16.8. The number of anilines is 1. The summed E-state index contributed by atoms with van der Waals surface area (Å²) in [5.74, 6) is -0.328. The SMILES string of the molecule is COc1ccc(Cl)c(NC(=O)C(C)c2cccc([N+](=O)[O-])c2)c1. The number of halogens is 1. The Balaban J connectivity index is 2.20. The summed E-state index contributed by atoms with van der Waals surface area (Å²) < 4.78 is 5.09. The van der Waals surface area contributed by atoms with Gasteiger partial charge in [-0.15, -0.1) is 0 Å². The first-order valence-corrected chi connectivity index (χ1v) is 7.19. The van der Waals surface area contributed by atoms with Gasteiger partial charge in [0.2, 0.25) is 5.91 Å². The molecule has 0 saturated carbocycles. The lowest BCUT2D eigenvalue weighted by molar-refractivity contribution is -0.384. The van der Waals surface area contributed by atoms with E-state index in [9.17, 15) is 14.9 Å². The third-order valence-electron chi connectivity index (χ3n) is 3.41. The average Bonchev–Trinajstić information content (AvgIpc) is 2.56. The minimum absolute atomic E-state index is 0.0541. The van der Waals surface area contributed by atoms with Crippen LogP contribution in [-0.2, 0) is 4.79 Å². The Bertz CT molecular complexity index is 749. The standard InChI is InChI=1S/C16H15ClN2O4/c1-10(11-4-3-5-12(8-11)19(21)22)16(20)18-15-9-13(23-2)6-7-14(15)17/h3-10H,1-2H3,(H,18,20). The van der Waals surface area contributed by atoms with Crippen LogP contribution in [0.1, 0.15) is 18.4 Å². The van der Waals surface area contributed by atoms with Gasteiger partial charge in [0.15, 0.2) is 0 Å². The molecule has 0 spiro atoms. The molecule has 0 aliphatic carbocycles. The molecule has 1 unspecified atom stereocenters. The highest BCUT2D eigenvalue weighted by atomic mass is 35.5. The second-order valence-corrected chi connectivity index (χ2v) is 5.32. The number of nitro groups is 1. The number of ether oxygens (including phenoxy) is 1. The lowest BCUT2D eigenvalue weighted by atomic mass is 9.99. The zero-order chi connectivity index (χ0) is 17.0. The molecule has 120 valence electrons. The van der Waals surface area contributed by atoms with E-state index in [1.165, 1.54) is 19.2 Å². The van der Waals surface area contributed by atoms with Crippen LogP contribution < -0.4 is 10.1 Å². The number of hydrogen-bond donors (Lipinski definition) is 1. The van der Waals surface area contributed by atoms with Gasteiger partial charge < -0.3 is 10.1 Å². The van der Waals surface area contributed by atoms with Crippen molar-refractivity contribution in [2.24, 2.45) is 0 Å². The van der Waals surface area contributed by atoms with Crippen molar-refractivity contribution >= 4 is 28.9 Å². The minimum atomic E-state index is -0.572. The van der Waals surface area contributed by atoms with E-state index in [1.54, 1.807) is 37.3 Å². The van der Waals surface area contributed by atoms with E-state index >= 15 is 0 Å². The van der Waals surface area contributed by atoms with Gasteiger partial charge in [0.25, 0.3) is 5.69 Å². The molecule has 1 amide bonds. The summed E-state index contributed by atoms with van der Waals surface area (Å²) in [6, 6.07) is 10.9. The molecule has 1 N–H and O–H groups in total. The van der Waals surface area contributed by atoms with Crippen LogP contribution in [0, 0.1) is 10.1 Å². The topological polar surface area (TPSA) is 81.5 Å². The van der Waals surface area contributed by atoms with Crippen LogP contribution >= 0.6 is 11.6 Å². The summed E-state index contributed by atoms with van der Waals surface area (Å²) in [6.45, 7) is 1.67. The zero-order valence-electron chi connectivity index (χ0n) is 12.6.